The lowest BCUT2D eigenvalue weighted by atomic mass is 9.80. The summed E-state index contributed by atoms with van der Waals surface area (Å²) >= 11 is 0. The molecule has 1 aromatic carbocycles. The number of hydrogen-bond donors (Lipinski definition) is 1. The minimum Gasteiger partial charge on any atom is -0.370 e. The maximum Gasteiger partial charge on any atom is 0.188 e. The Morgan fingerprint density at radius 3 is 2.40 bits per heavy atom. The van der Waals surface area contributed by atoms with Crippen molar-refractivity contribution < 1.29 is 9.53 Å². The smallest absolute Gasteiger partial charge is 0.188 e. The van der Waals surface area contributed by atoms with Crippen LogP contribution in [0.3, 0.4) is 0 Å². The van der Waals surface area contributed by atoms with Crippen LogP contribution in [-0.4, -0.2) is 31.6 Å². The first-order chi connectivity index (χ1) is 9.83. The van der Waals surface area contributed by atoms with Gasteiger partial charge in [0.05, 0.1) is 6.10 Å². The molecular formula is C17H23NO2. The number of ether oxygens (including phenoxy) is 1. The van der Waals surface area contributed by atoms with Crippen LogP contribution in [0.5, 0.6) is 0 Å². The fourth-order valence-electron chi connectivity index (χ4n) is 2.92. The zero-order valence-electron chi connectivity index (χ0n) is 11.9. The Bertz CT molecular complexity index is 445. The normalized spacial score (nSPS) is 20.6. The third-order valence-corrected chi connectivity index (χ3v) is 4.55. The third-order valence-electron chi connectivity index (χ3n) is 4.55. The molecule has 1 aliphatic heterocycles. The molecule has 2 fully saturated rings. The van der Waals surface area contributed by atoms with Gasteiger partial charge in [-0.15, -0.1) is 0 Å². The number of benzene rings is 1. The van der Waals surface area contributed by atoms with E-state index >= 15 is 0 Å². The molecule has 1 aromatic rings. The summed E-state index contributed by atoms with van der Waals surface area (Å²) < 4.78 is 5.72. The third kappa shape index (κ3) is 3.28. The maximum absolute atomic E-state index is 12.1. The molecule has 0 amide bonds. The summed E-state index contributed by atoms with van der Waals surface area (Å²) in [7, 11) is 0. The molecular weight excluding hydrogens is 250 g/mol. The molecule has 3 rings (SSSR count). The fourth-order valence-corrected chi connectivity index (χ4v) is 2.92. The van der Waals surface area contributed by atoms with Gasteiger partial charge in [-0.1, -0.05) is 30.7 Å². The molecule has 1 aliphatic carbocycles. The highest BCUT2D eigenvalue weighted by Crippen LogP contribution is 2.36. The highest BCUT2D eigenvalue weighted by atomic mass is 16.5. The van der Waals surface area contributed by atoms with E-state index in [1.807, 2.05) is 12.1 Å². The van der Waals surface area contributed by atoms with Gasteiger partial charge in [0.25, 0.3) is 0 Å². The highest BCUT2D eigenvalue weighted by Gasteiger charge is 2.20. The van der Waals surface area contributed by atoms with E-state index < -0.39 is 0 Å². The van der Waals surface area contributed by atoms with Crippen molar-refractivity contribution in [3.05, 3.63) is 35.4 Å². The Kier molecular flexibility index (Phi) is 4.48. The van der Waals surface area contributed by atoms with Crippen molar-refractivity contribution in [1.82, 2.24) is 5.32 Å². The zero-order valence-corrected chi connectivity index (χ0v) is 11.9. The average molecular weight is 273 g/mol. The first-order valence-corrected chi connectivity index (χ1v) is 7.78. The van der Waals surface area contributed by atoms with Crippen LogP contribution < -0.4 is 5.32 Å². The predicted molar refractivity (Wildman–Crippen MR) is 79.2 cm³/mol. The molecule has 0 spiro atoms. The molecule has 1 saturated heterocycles. The minimum absolute atomic E-state index is 0.101. The van der Waals surface area contributed by atoms with Gasteiger partial charge in [0.2, 0.25) is 0 Å². The number of hydrogen-bond acceptors (Lipinski definition) is 3. The van der Waals surface area contributed by atoms with Gasteiger partial charge < -0.3 is 10.1 Å². The lowest BCUT2D eigenvalue weighted by Gasteiger charge is -2.25. The predicted octanol–water partition coefficient (Wildman–Crippen LogP) is 2.91. The van der Waals surface area contributed by atoms with Gasteiger partial charge >= 0.3 is 0 Å². The van der Waals surface area contributed by atoms with E-state index in [-0.39, 0.29) is 18.5 Å². The SMILES string of the molecule is O=C(COC1CCNCC1)c1ccc(C2CCC2)cc1. The van der Waals surface area contributed by atoms with E-state index in [1.165, 1.54) is 24.8 Å². The molecule has 0 radical (unpaired) electrons. The summed E-state index contributed by atoms with van der Waals surface area (Å²) in [5, 5.41) is 3.30. The van der Waals surface area contributed by atoms with Crippen molar-refractivity contribution in [3.63, 3.8) is 0 Å². The lowest BCUT2D eigenvalue weighted by molar-refractivity contribution is 0.0317. The van der Waals surface area contributed by atoms with Crippen molar-refractivity contribution in [1.29, 1.82) is 0 Å². The molecule has 0 bridgehead atoms. The molecule has 1 heterocycles. The summed E-state index contributed by atoms with van der Waals surface area (Å²) in [4.78, 5) is 12.1. The van der Waals surface area contributed by atoms with Crippen LogP contribution in [0, 0.1) is 0 Å². The number of carbonyl (C=O) groups excluding carboxylic acids is 1. The van der Waals surface area contributed by atoms with Crippen molar-refractivity contribution in [2.45, 2.75) is 44.1 Å². The van der Waals surface area contributed by atoms with Gasteiger partial charge in [0, 0.05) is 5.56 Å². The van der Waals surface area contributed by atoms with E-state index in [9.17, 15) is 4.79 Å². The van der Waals surface area contributed by atoms with Gasteiger partial charge in [0.1, 0.15) is 6.61 Å². The number of rotatable bonds is 5. The van der Waals surface area contributed by atoms with E-state index in [4.69, 9.17) is 4.74 Å². The summed E-state index contributed by atoms with van der Waals surface area (Å²) in [6, 6.07) is 8.15. The van der Waals surface area contributed by atoms with Crippen LogP contribution in [-0.2, 0) is 4.74 Å². The number of Topliss-reactive ketones (excluding diaryl/α,β-unsaturated/α-hetero) is 1. The number of ketones is 1. The molecule has 0 unspecified atom stereocenters. The van der Waals surface area contributed by atoms with Crippen molar-refractivity contribution in [2.75, 3.05) is 19.7 Å². The molecule has 3 nitrogen and oxygen atoms in total. The van der Waals surface area contributed by atoms with Crippen LogP contribution in [0.15, 0.2) is 24.3 Å². The Hall–Kier alpha value is -1.19. The van der Waals surface area contributed by atoms with Crippen LogP contribution in [0.25, 0.3) is 0 Å². The minimum atomic E-state index is 0.101. The Morgan fingerprint density at radius 2 is 1.80 bits per heavy atom. The molecule has 1 N–H and O–H groups in total. The first kappa shape index (κ1) is 13.8. The monoisotopic (exact) mass is 273 g/mol. The standard InChI is InChI=1S/C17H23NO2/c19-17(12-20-16-8-10-18-11-9-16)15-6-4-14(5-7-15)13-2-1-3-13/h4-7,13,16,18H,1-3,8-12H2. The number of carbonyl (C=O) groups is 1. The second-order valence-corrected chi connectivity index (χ2v) is 5.93. The molecule has 0 aromatic heterocycles. The molecule has 1 saturated carbocycles. The molecule has 108 valence electrons. The van der Waals surface area contributed by atoms with Crippen molar-refractivity contribution in [2.24, 2.45) is 0 Å². The Balaban J connectivity index is 1.51. The van der Waals surface area contributed by atoms with E-state index in [0.717, 1.165) is 37.4 Å². The van der Waals surface area contributed by atoms with E-state index in [0.29, 0.717) is 0 Å². The summed E-state index contributed by atoms with van der Waals surface area (Å²) in [5.74, 6) is 0.828. The maximum atomic E-state index is 12.1. The highest BCUT2D eigenvalue weighted by molar-refractivity contribution is 5.97. The molecule has 0 atom stereocenters. The van der Waals surface area contributed by atoms with E-state index in [2.05, 4.69) is 17.4 Å². The number of piperidine rings is 1. The van der Waals surface area contributed by atoms with Gasteiger partial charge in [-0.05, 0) is 50.3 Å². The Labute approximate surface area is 120 Å². The second kappa shape index (κ2) is 6.51. The summed E-state index contributed by atoms with van der Waals surface area (Å²) in [5.41, 5.74) is 2.16. The van der Waals surface area contributed by atoms with Crippen LogP contribution in [0.1, 0.15) is 53.9 Å². The van der Waals surface area contributed by atoms with Crippen LogP contribution in [0.2, 0.25) is 0 Å². The quantitative estimate of drug-likeness (QED) is 0.838. The number of nitrogens with one attached hydrogen (secondary N) is 1. The molecule has 20 heavy (non-hydrogen) atoms. The zero-order chi connectivity index (χ0) is 13.8. The first-order valence-electron chi connectivity index (χ1n) is 7.78. The van der Waals surface area contributed by atoms with Gasteiger partial charge in [0.15, 0.2) is 5.78 Å². The van der Waals surface area contributed by atoms with Crippen molar-refractivity contribution >= 4 is 5.78 Å². The topological polar surface area (TPSA) is 38.3 Å². The largest absolute Gasteiger partial charge is 0.370 e. The summed E-state index contributed by atoms with van der Waals surface area (Å²) in [6.07, 6.45) is 6.20. The van der Waals surface area contributed by atoms with E-state index in [1.54, 1.807) is 0 Å². The van der Waals surface area contributed by atoms with Crippen molar-refractivity contribution in [3.8, 4) is 0 Å². The lowest BCUT2D eigenvalue weighted by Crippen LogP contribution is -2.33. The van der Waals surface area contributed by atoms with Gasteiger partial charge in [-0.2, -0.15) is 0 Å². The second-order valence-electron chi connectivity index (χ2n) is 5.93. The summed E-state index contributed by atoms with van der Waals surface area (Å²) in [6.45, 7) is 2.21. The van der Waals surface area contributed by atoms with Gasteiger partial charge in [-0.25, -0.2) is 0 Å². The molecule has 2 aliphatic rings. The average Bonchev–Trinajstić information content (AvgIpc) is 2.45. The van der Waals surface area contributed by atoms with Crippen LogP contribution in [0.4, 0.5) is 0 Å². The fraction of sp³-hybridized carbons (Fsp3) is 0.588. The van der Waals surface area contributed by atoms with Gasteiger partial charge in [-0.3, -0.25) is 4.79 Å². The Morgan fingerprint density at radius 1 is 1.10 bits per heavy atom. The molecule has 3 heteroatoms. The van der Waals surface area contributed by atoms with Crippen LogP contribution >= 0.6 is 0 Å².